The first-order chi connectivity index (χ1) is 13.5. The third-order valence-corrected chi connectivity index (χ3v) is 6.26. The van der Waals surface area contributed by atoms with Gasteiger partial charge in [-0.1, -0.05) is 41.9 Å². The molecule has 0 fully saturated rings. The van der Waals surface area contributed by atoms with Gasteiger partial charge in [-0.25, -0.2) is 4.68 Å². The van der Waals surface area contributed by atoms with Crippen LogP contribution in [0.2, 0.25) is 5.02 Å². The molecular weight excluding hydrogens is 394 g/mol. The van der Waals surface area contributed by atoms with Crippen molar-refractivity contribution in [3.63, 3.8) is 0 Å². The molecule has 1 N–H and O–H groups in total. The zero-order valence-corrected chi connectivity index (χ0v) is 17.0. The first kappa shape index (κ1) is 18.7. The standard InChI is InChI=1S/C21H18ClN3O2S/c1-12-19-18(16-5-3-4-6-17(16)28-19)21(27)25(24-12)13(2)20(26)23-11-14-7-9-15(22)10-8-14/h3-10,13H,11H2,1-2H3,(H,23,26)/t13-/m0/s1. The summed E-state index contributed by atoms with van der Waals surface area (Å²) in [6.07, 6.45) is 0. The quantitative estimate of drug-likeness (QED) is 0.539. The van der Waals surface area contributed by atoms with E-state index in [-0.39, 0.29) is 11.5 Å². The maximum absolute atomic E-state index is 13.1. The summed E-state index contributed by atoms with van der Waals surface area (Å²) in [5.41, 5.74) is 1.43. The Balaban J connectivity index is 1.66. The van der Waals surface area contributed by atoms with Crippen LogP contribution in [-0.2, 0) is 11.3 Å². The molecule has 0 aliphatic carbocycles. The van der Waals surface area contributed by atoms with Gasteiger partial charge in [0, 0.05) is 21.7 Å². The van der Waals surface area contributed by atoms with Crippen molar-refractivity contribution in [2.45, 2.75) is 26.4 Å². The molecule has 1 amide bonds. The Bertz CT molecular complexity index is 1240. The minimum atomic E-state index is -0.721. The number of hydrogen-bond acceptors (Lipinski definition) is 4. The van der Waals surface area contributed by atoms with Gasteiger partial charge in [0.05, 0.1) is 15.8 Å². The van der Waals surface area contributed by atoms with E-state index >= 15 is 0 Å². The van der Waals surface area contributed by atoms with Crippen molar-refractivity contribution in [3.05, 3.63) is 75.2 Å². The van der Waals surface area contributed by atoms with Crippen LogP contribution >= 0.6 is 22.9 Å². The van der Waals surface area contributed by atoms with Gasteiger partial charge >= 0.3 is 0 Å². The van der Waals surface area contributed by atoms with Crippen molar-refractivity contribution in [1.29, 1.82) is 0 Å². The first-order valence-electron chi connectivity index (χ1n) is 8.88. The number of carbonyl (C=O) groups excluding carboxylic acids is 1. The largest absolute Gasteiger partial charge is 0.350 e. The number of halogens is 1. The summed E-state index contributed by atoms with van der Waals surface area (Å²) in [6, 6.07) is 14.3. The summed E-state index contributed by atoms with van der Waals surface area (Å²) < 4.78 is 3.20. The average molecular weight is 412 g/mol. The van der Waals surface area contributed by atoms with Gasteiger partial charge < -0.3 is 5.32 Å². The highest BCUT2D eigenvalue weighted by Gasteiger charge is 2.21. The molecule has 0 aliphatic heterocycles. The van der Waals surface area contributed by atoms with Gasteiger partial charge in [-0.15, -0.1) is 11.3 Å². The van der Waals surface area contributed by atoms with Crippen LogP contribution in [0.4, 0.5) is 0 Å². The average Bonchev–Trinajstić information content (AvgIpc) is 3.10. The smallest absolute Gasteiger partial charge is 0.276 e. The molecule has 0 spiro atoms. The molecule has 5 nitrogen and oxygen atoms in total. The second kappa shape index (κ2) is 7.37. The number of hydrogen-bond donors (Lipinski definition) is 1. The number of fused-ring (bicyclic) bond motifs is 3. The number of aromatic nitrogens is 2. The molecule has 0 radical (unpaired) electrons. The van der Waals surface area contributed by atoms with E-state index in [1.807, 2.05) is 43.3 Å². The Kier molecular flexibility index (Phi) is 4.91. The SMILES string of the molecule is Cc1nn([C@@H](C)C(=O)NCc2ccc(Cl)cc2)c(=O)c2c1sc1ccccc12. The van der Waals surface area contributed by atoms with Crippen molar-refractivity contribution in [3.8, 4) is 0 Å². The lowest BCUT2D eigenvalue weighted by atomic mass is 10.2. The Morgan fingerprint density at radius 2 is 1.93 bits per heavy atom. The molecule has 4 aromatic rings. The Hall–Kier alpha value is -2.70. The lowest BCUT2D eigenvalue weighted by Crippen LogP contribution is -2.37. The molecule has 0 saturated heterocycles. The topological polar surface area (TPSA) is 64.0 Å². The number of rotatable bonds is 4. The minimum Gasteiger partial charge on any atom is -0.350 e. The number of nitrogens with one attached hydrogen (secondary N) is 1. The molecule has 7 heteroatoms. The van der Waals surface area contributed by atoms with Crippen molar-refractivity contribution < 1.29 is 4.79 Å². The number of nitrogens with zero attached hydrogens (tertiary/aromatic N) is 2. The van der Waals surface area contributed by atoms with E-state index in [1.165, 1.54) is 4.68 Å². The number of amides is 1. The first-order valence-corrected chi connectivity index (χ1v) is 10.1. The summed E-state index contributed by atoms with van der Waals surface area (Å²) in [4.78, 5) is 25.8. The molecule has 0 aliphatic rings. The van der Waals surface area contributed by atoms with Gasteiger partial charge in [-0.2, -0.15) is 5.10 Å². The fraction of sp³-hybridized carbons (Fsp3) is 0.190. The summed E-state index contributed by atoms with van der Waals surface area (Å²) in [6.45, 7) is 3.91. The second-order valence-corrected chi connectivity index (χ2v) is 8.15. The fourth-order valence-electron chi connectivity index (χ4n) is 3.19. The van der Waals surface area contributed by atoms with E-state index in [9.17, 15) is 9.59 Å². The van der Waals surface area contributed by atoms with Gasteiger partial charge in [0.15, 0.2) is 0 Å². The minimum absolute atomic E-state index is 0.243. The molecule has 142 valence electrons. The third kappa shape index (κ3) is 3.30. The van der Waals surface area contributed by atoms with E-state index in [2.05, 4.69) is 10.4 Å². The van der Waals surface area contributed by atoms with Crippen molar-refractivity contribution in [2.24, 2.45) is 0 Å². The monoisotopic (exact) mass is 411 g/mol. The fourth-order valence-corrected chi connectivity index (χ4v) is 4.45. The summed E-state index contributed by atoms with van der Waals surface area (Å²) in [7, 11) is 0. The summed E-state index contributed by atoms with van der Waals surface area (Å²) in [5.74, 6) is -0.261. The van der Waals surface area contributed by atoms with Gasteiger partial charge in [0.25, 0.3) is 5.56 Å². The second-order valence-electron chi connectivity index (χ2n) is 6.66. The van der Waals surface area contributed by atoms with Crippen LogP contribution in [-0.4, -0.2) is 15.7 Å². The Morgan fingerprint density at radius 1 is 1.21 bits per heavy atom. The van der Waals surface area contributed by atoms with Crippen molar-refractivity contribution in [2.75, 3.05) is 0 Å². The maximum atomic E-state index is 13.1. The molecule has 0 bridgehead atoms. The normalized spacial score (nSPS) is 12.4. The Morgan fingerprint density at radius 3 is 2.68 bits per heavy atom. The highest BCUT2D eigenvalue weighted by molar-refractivity contribution is 7.26. The van der Waals surface area contributed by atoms with Crippen molar-refractivity contribution >= 4 is 49.0 Å². The molecule has 2 heterocycles. The van der Waals surface area contributed by atoms with E-state index in [4.69, 9.17) is 11.6 Å². The lowest BCUT2D eigenvalue weighted by molar-refractivity contribution is -0.124. The number of aryl methyl sites for hydroxylation is 1. The molecule has 4 rings (SSSR count). The number of benzene rings is 2. The van der Waals surface area contributed by atoms with E-state index in [0.717, 1.165) is 26.0 Å². The maximum Gasteiger partial charge on any atom is 0.276 e. The van der Waals surface area contributed by atoms with Crippen molar-refractivity contribution in [1.82, 2.24) is 15.1 Å². The highest BCUT2D eigenvalue weighted by atomic mass is 35.5. The lowest BCUT2D eigenvalue weighted by Gasteiger charge is -2.15. The van der Waals surface area contributed by atoms with Crippen LogP contribution in [0.3, 0.4) is 0 Å². The number of carbonyl (C=O) groups is 1. The molecular formula is C21H18ClN3O2S. The van der Waals surface area contributed by atoms with Crippen LogP contribution in [0, 0.1) is 6.92 Å². The van der Waals surface area contributed by atoms with Crippen LogP contribution in [0.15, 0.2) is 53.3 Å². The third-order valence-electron chi connectivity index (χ3n) is 4.73. The molecule has 1 atom stereocenters. The Labute approximate surface area is 170 Å². The van der Waals surface area contributed by atoms with E-state index in [1.54, 1.807) is 30.4 Å². The summed E-state index contributed by atoms with van der Waals surface area (Å²) >= 11 is 7.44. The van der Waals surface area contributed by atoms with Crippen LogP contribution < -0.4 is 10.9 Å². The van der Waals surface area contributed by atoms with Crippen LogP contribution in [0.1, 0.15) is 24.2 Å². The van der Waals surface area contributed by atoms with Gasteiger partial charge in [-0.05, 0) is 37.6 Å². The molecule has 0 saturated carbocycles. The van der Waals surface area contributed by atoms with Gasteiger partial charge in [0.2, 0.25) is 5.91 Å². The summed E-state index contributed by atoms with van der Waals surface area (Å²) in [5, 5.41) is 9.46. The highest BCUT2D eigenvalue weighted by Crippen LogP contribution is 2.32. The zero-order valence-electron chi connectivity index (χ0n) is 15.4. The number of thiophene rings is 1. The van der Waals surface area contributed by atoms with E-state index in [0.29, 0.717) is 17.0 Å². The predicted molar refractivity (Wildman–Crippen MR) is 114 cm³/mol. The van der Waals surface area contributed by atoms with Crippen LogP contribution in [0.5, 0.6) is 0 Å². The van der Waals surface area contributed by atoms with Crippen LogP contribution in [0.25, 0.3) is 20.2 Å². The molecule has 2 aromatic heterocycles. The van der Waals surface area contributed by atoms with Gasteiger partial charge in [0.1, 0.15) is 6.04 Å². The molecule has 28 heavy (non-hydrogen) atoms. The van der Waals surface area contributed by atoms with E-state index < -0.39 is 6.04 Å². The molecule has 2 aromatic carbocycles. The molecule has 0 unspecified atom stereocenters. The zero-order chi connectivity index (χ0) is 19.8. The van der Waals surface area contributed by atoms with Gasteiger partial charge in [-0.3, -0.25) is 9.59 Å². The predicted octanol–water partition coefficient (Wildman–Crippen LogP) is 4.45.